The number of aromatic nitrogens is 2. The molecule has 2 rings (SSSR count). The van der Waals surface area contributed by atoms with E-state index in [1.165, 1.54) is 4.90 Å². The summed E-state index contributed by atoms with van der Waals surface area (Å²) >= 11 is 0. The van der Waals surface area contributed by atoms with Crippen molar-refractivity contribution in [2.45, 2.75) is 6.54 Å². The molecule has 0 aliphatic heterocycles. The van der Waals surface area contributed by atoms with Gasteiger partial charge in [0.25, 0.3) is 0 Å². The lowest BCUT2D eigenvalue weighted by molar-refractivity contribution is -0.127. The normalized spacial score (nSPS) is 10.7. The molecule has 0 spiro atoms. The molecule has 2 aromatic rings. The Morgan fingerprint density at radius 2 is 2.00 bits per heavy atom. The van der Waals surface area contributed by atoms with Crippen LogP contribution < -0.4 is 5.32 Å². The topological polar surface area (TPSA) is 76.6 Å². The number of benzene rings is 1. The average Bonchev–Trinajstić information content (AvgIpc) is 3.10. The van der Waals surface area contributed by atoms with Crippen molar-refractivity contribution < 1.29 is 4.79 Å². The molecule has 1 amide bonds. The highest BCUT2D eigenvalue weighted by molar-refractivity contribution is 14.0. The molecule has 0 atom stereocenters. The van der Waals surface area contributed by atoms with Crippen molar-refractivity contribution in [2.75, 3.05) is 34.2 Å². The highest BCUT2D eigenvalue weighted by Gasteiger charge is 2.11. The van der Waals surface area contributed by atoms with Gasteiger partial charge in [0.1, 0.15) is 12.4 Å². The van der Waals surface area contributed by atoms with Gasteiger partial charge in [-0.1, -0.05) is 36.4 Å². The number of H-pyrrole nitrogens is 1. The fourth-order valence-corrected chi connectivity index (χ4v) is 2.27. The first-order chi connectivity index (χ1) is 12.5. The minimum atomic E-state index is -0.0549. The highest BCUT2D eigenvalue weighted by Crippen LogP contribution is 2.16. The van der Waals surface area contributed by atoms with E-state index >= 15 is 0 Å². The fraction of sp³-hybridized carbons (Fsp3) is 0.316. The quantitative estimate of drug-likeness (QED) is 0.275. The number of carbonyl (C=O) groups is 1. The summed E-state index contributed by atoms with van der Waals surface area (Å²) < 4.78 is 0. The fourth-order valence-electron chi connectivity index (χ4n) is 2.27. The van der Waals surface area contributed by atoms with Crippen LogP contribution in [0.5, 0.6) is 0 Å². The molecule has 27 heavy (non-hydrogen) atoms. The molecule has 0 radical (unpaired) electrons. The van der Waals surface area contributed by atoms with Crippen LogP contribution in [-0.4, -0.2) is 65.9 Å². The molecule has 0 aliphatic carbocycles. The van der Waals surface area contributed by atoms with Crippen molar-refractivity contribution in [3.63, 3.8) is 0 Å². The van der Waals surface area contributed by atoms with Crippen LogP contribution in [0, 0.1) is 0 Å². The van der Waals surface area contributed by atoms with E-state index in [2.05, 4.69) is 26.9 Å². The smallest absolute Gasteiger partial charge is 0.243 e. The third kappa shape index (κ3) is 7.05. The van der Waals surface area contributed by atoms with Gasteiger partial charge in [0.05, 0.1) is 18.4 Å². The van der Waals surface area contributed by atoms with Crippen LogP contribution in [0.2, 0.25) is 0 Å². The van der Waals surface area contributed by atoms with Crippen LogP contribution in [0.25, 0.3) is 11.3 Å². The number of hydrogen-bond donors (Lipinski definition) is 2. The Balaban J connectivity index is 0.00000364. The molecule has 2 N–H and O–H groups in total. The van der Waals surface area contributed by atoms with E-state index in [9.17, 15) is 4.79 Å². The first-order valence-corrected chi connectivity index (χ1v) is 8.41. The summed E-state index contributed by atoms with van der Waals surface area (Å²) in [7, 11) is 5.33. The summed E-state index contributed by atoms with van der Waals surface area (Å²) in [6, 6.07) is 10.0. The number of guanidine groups is 1. The molecule has 0 saturated heterocycles. The second kappa shape index (κ2) is 11.4. The van der Waals surface area contributed by atoms with Gasteiger partial charge in [-0.25, -0.2) is 9.98 Å². The molecule has 146 valence electrons. The maximum Gasteiger partial charge on any atom is 0.243 e. The number of amides is 1. The third-order valence-corrected chi connectivity index (χ3v) is 3.73. The SMILES string of the molecule is C=CCNC(=NCC(=O)N(C)C)N(C)Cc1ncc(-c2ccccc2)[nH]1.I. The summed E-state index contributed by atoms with van der Waals surface area (Å²) in [5.74, 6) is 1.39. The molecule has 0 unspecified atom stereocenters. The van der Waals surface area contributed by atoms with E-state index in [-0.39, 0.29) is 36.4 Å². The minimum absolute atomic E-state index is 0. The number of hydrogen-bond acceptors (Lipinski definition) is 3. The molecular formula is C19H27IN6O. The van der Waals surface area contributed by atoms with Crippen LogP contribution in [-0.2, 0) is 11.3 Å². The van der Waals surface area contributed by atoms with Crippen molar-refractivity contribution >= 4 is 35.8 Å². The number of nitrogens with zero attached hydrogens (tertiary/aromatic N) is 4. The first kappa shape index (κ1) is 22.7. The Bertz CT molecular complexity index is 757. The number of nitrogens with one attached hydrogen (secondary N) is 2. The molecule has 1 heterocycles. The van der Waals surface area contributed by atoms with Gasteiger partial charge in [0, 0.05) is 27.7 Å². The van der Waals surface area contributed by atoms with Gasteiger partial charge in [0.2, 0.25) is 5.91 Å². The van der Waals surface area contributed by atoms with Crippen LogP contribution in [0.15, 0.2) is 54.2 Å². The zero-order valence-electron chi connectivity index (χ0n) is 16.0. The number of aromatic amines is 1. The Morgan fingerprint density at radius 1 is 1.30 bits per heavy atom. The van der Waals surface area contributed by atoms with Gasteiger partial charge < -0.3 is 20.1 Å². The van der Waals surface area contributed by atoms with Crippen LogP contribution in [0.4, 0.5) is 0 Å². The van der Waals surface area contributed by atoms with E-state index in [0.29, 0.717) is 19.0 Å². The molecule has 8 heteroatoms. The maximum atomic E-state index is 11.8. The Labute approximate surface area is 177 Å². The minimum Gasteiger partial charge on any atom is -0.353 e. The Kier molecular flexibility index (Phi) is 9.55. The summed E-state index contributed by atoms with van der Waals surface area (Å²) in [4.78, 5) is 27.4. The summed E-state index contributed by atoms with van der Waals surface area (Å²) in [5, 5.41) is 3.17. The number of halogens is 1. The van der Waals surface area contributed by atoms with Gasteiger partial charge in [-0.3, -0.25) is 4.79 Å². The molecule has 7 nitrogen and oxygen atoms in total. The molecule has 0 aliphatic rings. The lowest BCUT2D eigenvalue weighted by Gasteiger charge is -2.21. The van der Waals surface area contributed by atoms with Crippen molar-refractivity contribution in [3.05, 3.63) is 55.0 Å². The number of carbonyl (C=O) groups excluding carboxylic acids is 1. The standard InChI is InChI=1S/C19H26N6O.HI/c1-5-11-20-19(22-13-18(26)24(2)3)25(4)14-17-21-12-16(23-17)15-9-7-6-8-10-15;/h5-10,12H,1,11,13-14H2,2-4H3,(H,20,22)(H,21,23);1H. The summed E-state index contributed by atoms with van der Waals surface area (Å²) in [5.41, 5.74) is 2.05. The van der Waals surface area contributed by atoms with Crippen LogP contribution >= 0.6 is 24.0 Å². The Morgan fingerprint density at radius 3 is 2.63 bits per heavy atom. The first-order valence-electron chi connectivity index (χ1n) is 8.41. The molecule has 0 bridgehead atoms. The van der Waals surface area contributed by atoms with Gasteiger partial charge in [0.15, 0.2) is 5.96 Å². The van der Waals surface area contributed by atoms with E-state index in [4.69, 9.17) is 0 Å². The summed E-state index contributed by atoms with van der Waals surface area (Å²) in [6.07, 6.45) is 3.57. The average molecular weight is 482 g/mol. The van der Waals surface area contributed by atoms with E-state index in [1.54, 1.807) is 20.2 Å². The van der Waals surface area contributed by atoms with Gasteiger partial charge in [-0.15, -0.1) is 30.6 Å². The highest BCUT2D eigenvalue weighted by atomic mass is 127. The predicted octanol–water partition coefficient (Wildman–Crippen LogP) is 2.35. The van der Waals surface area contributed by atoms with Crippen LogP contribution in [0.3, 0.4) is 0 Å². The van der Waals surface area contributed by atoms with E-state index in [0.717, 1.165) is 17.1 Å². The van der Waals surface area contributed by atoms with Crippen molar-refractivity contribution in [3.8, 4) is 11.3 Å². The molecule has 0 fully saturated rings. The lowest BCUT2D eigenvalue weighted by Crippen LogP contribution is -2.39. The van der Waals surface area contributed by atoms with Gasteiger partial charge >= 0.3 is 0 Å². The van der Waals surface area contributed by atoms with Crippen molar-refractivity contribution in [2.24, 2.45) is 4.99 Å². The van der Waals surface area contributed by atoms with E-state index in [1.807, 2.05) is 48.5 Å². The van der Waals surface area contributed by atoms with Crippen molar-refractivity contribution in [1.29, 1.82) is 0 Å². The molecule has 1 aromatic carbocycles. The predicted molar refractivity (Wildman–Crippen MR) is 120 cm³/mol. The van der Waals surface area contributed by atoms with E-state index < -0.39 is 0 Å². The largest absolute Gasteiger partial charge is 0.353 e. The zero-order chi connectivity index (χ0) is 18.9. The zero-order valence-corrected chi connectivity index (χ0v) is 18.3. The summed E-state index contributed by atoms with van der Waals surface area (Å²) in [6.45, 7) is 4.89. The molecule has 0 saturated carbocycles. The van der Waals surface area contributed by atoms with Crippen molar-refractivity contribution in [1.82, 2.24) is 25.1 Å². The monoisotopic (exact) mass is 482 g/mol. The molecular weight excluding hydrogens is 455 g/mol. The third-order valence-electron chi connectivity index (χ3n) is 3.73. The lowest BCUT2D eigenvalue weighted by atomic mass is 10.2. The second-order valence-electron chi connectivity index (χ2n) is 6.06. The van der Waals surface area contributed by atoms with Gasteiger partial charge in [-0.2, -0.15) is 0 Å². The van der Waals surface area contributed by atoms with Crippen LogP contribution in [0.1, 0.15) is 5.82 Å². The number of rotatable bonds is 7. The second-order valence-corrected chi connectivity index (χ2v) is 6.06. The maximum absolute atomic E-state index is 11.8. The van der Waals surface area contributed by atoms with Gasteiger partial charge in [-0.05, 0) is 5.56 Å². The molecule has 1 aromatic heterocycles. The number of likely N-dealkylation sites (N-methyl/N-ethyl adjacent to an activating group) is 1. The number of imidazole rings is 1. The Hall–Kier alpha value is -2.36. The number of aliphatic imine (C=N–C) groups is 1.